The van der Waals surface area contributed by atoms with E-state index in [0.29, 0.717) is 17.5 Å². The van der Waals surface area contributed by atoms with Gasteiger partial charge in [-0.15, -0.1) is 5.10 Å². The van der Waals surface area contributed by atoms with Gasteiger partial charge in [-0.3, -0.25) is 15.2 Å². The van der Waals surface area contributed by atoms with Crippen LogP contribution in [0.3, 0.4) is 0 Å². The van der Waals surface area contributed by atoms with Crippen LogP contribution in [0.2, 0.25) is 0 Å². The van der Waals surface area contributed by atoms with Gasteiger partial charge >= 0.3 is 6.03 Å². The summed E-state index contributed by atoms with van der Waals surface area (Å²) in [5, 5.41) is 11.9. The van der Waals surface area contributed by atoms with Gasteiger partial charge in [0.25, 0.3) is 0 Å². The molecule has 0 aliphatic carbocycles. The van der Waals surface area contributed by atoms with Crippen molar-refractivity contribution in [2.75, 3.05) is 0 Å². The monoisotopic (exact) mass is 459 g/mol. The normalized spacial score (nSPS) is 11.6. The van der Waals surface area contributed by atoms with Crippen LogP contribution in [-0.4, -0.2) is 32.4 Å². The van der Waals surface area contributed by atoms with Crippen LogP contribution in [0.4, 0.5) is 4.79 Å². The van der Waals surface area contributed by atoms with E-state index >= 15 is 0 Å². The van der Waals surface area contributed by atoms with Gasteiger partial charge in [-0.1, -0.05) is 76.2 Å². The molecule has 2 aromatic carbocycles. The molecule has 1 heterocycles. The van der Waals surface area contributed by atoms with Crippen molar-refractivity contribution >= 4 is 39.6 Å². The molecule has 9 heteroatoms. The van der Waals surface area contributed by atoms with Gasteiger partial charge in [-0.05, 0) is 18.6 Å². The second kappa shape index (κ2) is 9.52. The molecule has 28 heavy (non-hydrogen) atoms. The number of hydrogen-bond donors (Lipinski definition) is 3. The minimum absolute atomic E-state index is 0.345. The molecular weight excluding hydrogens is 442 g/mol. The third-order valence-electron chi connectivity index (χ3n) is 3.78. The van der Waals surface area contributed by atoms with Crippen LogP contribution in [0.5, 0.6) is 0 Å². The second-order valence-electron chi connectivity index (χ2n) is 5.86. The zero-order chi connectivity index (χ0) is 19.9. The standard InChI is InChI=1S/C19H18BrN5O2S/c1-12(17(26)23-18(27)21-11-13-7-3-2-4-8-13)28-19-22-16(24-25-19)14-9-5-6-10-15(14)20/h2-10,12H,11H2,1H3,(H,22,24,25)(H2,21,23,26,27). The van der Waals surface area contributed by atoms with Gasteiger partial charge in [0, 0.05) is 16.6 Å². The van der Waals surface area contributed by atoms with Crippen molar-refractivity contribution in [3.05, 3.63) is 64.6 Å². The highest BCUT2D eigenvalue weighted by molar-refractivity contribution is 9.10. The van der Waals surface area contributed by atoms with Crippen molar-refractivity contribution in [2.24, 2.45) is 0 Å². The van der Waals surface area contributed by atoms with E-state index in [4.69, 9.17) is 0 Å². The number of carbonyl (C=O) groups excluding carboxylic acids is 2. The number of nitrogens with zero attached hydrogens (tertiary/aromatic N) is 2. The molecule has 1 aromatic heterocycles. The number of H-pyrrole nitrogens is 1. The van der Waals surface area contributed by atoms with Gasteiger partial charge in [-0.2, -0.15) is 0 Å². The molecule has 3 rings (SSSR count). The Bertz CT molecular complexity index is 964. The zero-order valence-corrected chi connectivity index (χ0v) is 17.4. The molecule has 7 nitrogen and oxygen atoms in total. The van der Waals surface area contributed by atoms with Gasteiger partial charge in [0.15, 0.2) is 5.82 Å². The average molecular weight is 460 g/mol. The molecule has 3 aromatic rings. The molecule has 1 atom stereocenters. The minimum atomic E-state index is -0.537. The third kappa shape index (κ3) is 5.43. The topological polar surface area (TPSA) is 99.8 Å². The van der Waals surface area contributed by atoms with Crippen LogP contribution in [0.15, 0.2) is 64.2 Å². The Morgan fingerprint density at radius 1 is 1.14 bits per heavy atom. The lowest BCUT2D eigenvalue weighted by molar-refractivity contribution is -0.119. The Hall–Kier alpha value is -2.65. The molecule has 3 amide bonds. The van der Waals surface area contributed by atoms with E-state index in [0.717, 1.165) is 15.6 Å². The maximum absolute atomic E-state index is 12.2. The predicted molar refractivity (Wildman–Crippen MR) is 112 cm³/mol. The average Bonchev–Trinajstić information content (AvgIpc) is 3.15. The highest BCUT2D eigenvalue weighted by Crippen LogP contribution is 2.27. The number of imide groups is 1. The molecule has 0 spiro atoms. The van der Waals surface area contributed by atoms with E-state index in [9.17, 15) is 9.59 Å². The number of halogens is 1. The smallest absolute Gasteiger partial charge is 0.321 e. The molecule has 144 valence electrons. The first-order valence-corrected chi connectivity index (χ1v) is 10.2. The molecule has 0 aliphatic rings. The lowest BCUT2D eigenvalue weighted by Crippen LogP contribution is -2.42. The van der Waals surface area contributed by atoms with E-state index in [-0.39, 0.29) is 0 Å². The van der Waals surface area contributed by atoms with Crippen LogP contribution < -0.4 is 10.6 Å². The highest BCUT2D eigenvalue weighted by atomic mass is 79.9. The van der Waals surface area contributed by atoms with Crippen LogP contribution in [0.1, 0.15) is 12.5 Å². The van der Waals surface area contributed by atoms with E-state index < -0.39 is 17.2 Å². The minimum Gasteiger partial charge on any atom is -0.334 e. The third-order valence-corrected chi connectivity index (χ3v) is 5.43. The Labute approximate surface area is 174 Å². The molecule has 0 saturated carbocycles. The molecule has 1 unspecified atom stereocenters. The first-order valence-electron chi connectivity index (χ1n) is 8.49. The van der Waals surface area contributed by atoms with E-state index in [1.807, 2.05) is 54.6 Å². The summed E-state index contributed by atoms with van der Waals surface area (Å²) in [5.41, 5.74) is 1.83. The molecule has 0 radical (unpaired) electrons. The number of nitrogens with one attached hydrogen (secondary N) is 3. The van der Waals surface area contributed by atoms with Crippen molar-refractivity contribution in [2.45, 2.75) is 23.9 Å². The van der Waals surface area contributed by atoms with E-state index in [1.165, 1.54) is 11.8 Å². The summed E-state index contributed by atoms with van der Waals surface area (Å²) >= 11 is 4.64. The van der Waals surface area contributed by atoms with Crippen molar-refractivity contribution in [3.63, 3.8) is 0 Å². The first kappa shape index (κ1) is 20.1. The summed E-state index contributed by atoms with van der Waals surface area (Å²) in [7, 11) is 0. The quantitative estimate of drug-likeness (QED) is 0.487. The van der Waals surface area contributed by atoms with Crippen LogP contribution >= 0.6 is 27.7 Å². The fourth-order valence-corrected chi connectivity index (χ4v) is 3.52. The number of benzene rings is 2. The molecule has 0 fully saturated rings. The Morgan fingerprint density at radius 2 is 1.86 bits per heavy atom. The summed E-state index contributed by atoms with van der Waals surface area (Å²) in [6.07, 6.45) is 0. The van der Waals surface area contributed by atoms with Crippen LogP contribution in [0.25, 0.3) is 11.4 Å². The highest BCUT2D eigenvalue weighted by Gasteiger charge is 2.19. The Kier molecular flexibility index (Phi) is 6.83. The number of aromatic nitrogens is 3. The molecule has 0 saturated heterocycles. The number of aromatic amines is 1. The van der Waals surface area contributed by atoms with Crippen molar-refractivity contribution < 1.29 is 9.59 Å². The first-order chi connectivity index (χ1) is 13.5. The van der Waals surface area contributed by atoms with Gasteiger partial charge in [0.05, 0.1) is 5.25 Å². The Balaban J connectivity index is 1.51. The number of carbonyl (C=O) groups is 2. The van der Waals surface area contributed by atoms with Gasteiger partial charge in [0.2, 0.25) is 11.1 Å². The van der Waals surface area contributed by atoms with Gasteiger partial charge in [-0.25, -0.2) is 9.78 Å². The van der Waals surface area contributed by atoms with Crippen molar-refractivity contribution in [3.8, 4) is 11.4 Å². The fourth-order valence-electron chi connectivity index (χ4n) is 2.32. The SMILES string of the molecule is CC(Sc1n[nH]c(-c2ccccc2Br)n1)C(=O)NC(=O)NCc1ccccc1. The summed E-state index contributed by atoms with van der Waals surface area (Å²) < 4.78 is 0.892. The van der Waals surface area contributed by atoms with Crippen LogP contribution in [0, 0.1) is 0 Å². The van der Waals surface area contributed by atoms with Crippen molar-refractivity contribution in [1.29, 1.82) is 0 Å². The Morgan fingerprint density at radius 3 is 2.61 bits per heavy atom. The molecule has 3 N–H and O–H groups in total. The number of thioether (sulfide) groups is 1. The number of hydrogen-bond acceptors (Lipinski definition) is 5. The summed E-state index contributed by atoms with van der Waals surface area (Å²) in [4.78, 5) is 28.6. The lowest BCUT2D eigenvalue weighted by Gasteiger charge is -2.10. The summed E-state index contributed by atoms with van der Waals surface area (Å²) in [6.45, 7) is 2.04. The number of urea groups is 1. The fraction of sp³-hybridized carbons (Fsp3) is 0.158. The predicted octanol–water partition coefficient (Wildman–Crippen LogP) is 3.74. The summed E-state index contributed by atoms with van der Waals surface area (Å²) in [5.74, 6) is 0.186. The van der Waals surface area contributed by atoms with Gasteiger partial charge in [0.1, 0.15) is 0 Å². The molecular formula is C19H18BrN5O2S. The molecule has 0 bridgehead atoms. The van der Waals surface area contributed by atoms with Crippen molar-refractivity contribution in [1.82, 2.24) is 25.8 Å². The van der Waals surface area contributed by atoms with Crippen LogP contribution in [-0.2, 0) is 11.3 Å². The second-order valence-corrected chi connectivity index (χ2v) is 8.03. The number of rotatable bonds is 6. The lowest BCUT2D eigenvalue weighted by atomic mass is 10.2. The van der Waals surface area contributed by atoms with E-state index in [2.05, 4.69) is 41.7 Å². The summed E-state index contributed by atoms with van der Waals surface area (Å²) in [6, 6.07) is 16.6. The van der Waals surface area contributed by atoms with Gasteiger partial charge < -0.3 is 5.32 Å². The zero-order valence-electron chi connectivity index (χ0n) is 15.0. The maximum atomic E-state index is 12.2. The molecule has 0 aliphatic heterocycles. The largest absolute Gasteiger partial charge is 0.334 e. The maximum Gasteiger partial charge on any atom is 0.321 e. The number of amides is 3. The van der Waals surface area contributed by atoms with E-state index in [1.54, 1.807) is 6.92 Å².